The number of methoxy groups -OCH3 is 1. The minimum absolute atomic E-state index is 0.139. The number of ether oxygens (including phenoxy) is 3. The summed E-state index contributed by atoms with van der Waals surface area (Å²) in [7, 11) is 1.44. The fraction of sp³-hybridized carbons (Fsp3) is 0.933. The molecular formula is C15H27NO4. The molecule has 0 radical (unpaired) electrons. The summed E-state index contributed by atoms with van der Waals surface area (Å²) in [5, 5.41) is 0. The van der Waals surface area contributed by atoms with Gasteiger partial charge < -0.3 is 19.1 Å². The maximum atomic E-state index is 11.3. The van der Waals surface area contributed by atoms with Crippen molar-refractivity contribution in [3.05, 3.63) is 0 Å². The lowest BCUT2D eigenvalue weighted by Gasteiger charge is -2.25. The molecule has 2 rings (SSSR count). The molecule has 5 heteroatoms. The first-order chi connectivity index (χ1) is 9.78. The van der Waals surface area contributed by atoms with Crippen LogP contribution < -0.4 is 0 Å². The Kier molecular flexibility index (Phi) is 6.76. The third-order valence-electron chi connectivity index (χ3n) is 4.14. The number of esters is 1. The minimum Gasteiger partial charge on any atom is -0.469 e. The summed E-state index contributed by atoms with van der Waals surface area (Å²) in [6.45, 7) is 4.42. The van der Waals surface area contributed by atoms with Gasteiger partial charge in [-0.25, -0.2) is 0 Å². The van der Waals surface area contributed by atoms with Gasteiger partial charge in [-0.3, -0.25) is 4.79 Å². The van der Waals surface area contributed by atoms with Gasteiger partial charge in [0, 0.05) is 32.8 Å². The monoisotopic (exact) mass is 285 g/mol. The predicted octanol–water partition coefficient (Wildman–Crippen LogP) is 1.60. The molecule has 2 aliphatic rings. The van der Waals surface area contributed by atoms with E-state index >= 15 is 0 Å². The Labute approximate surface area is 121 Å². The normalized spacial score (nSPS) is 26.3. The first-order valence-electron chi connectivity index (χ1n) is 7.80. The van der Waals surface area contributed by atoms with E-state index in [1.54, 1.807) is 0 Å². The van der Waals surface area contributed by atoms with Gasteiger partial charge in [0.15, 0.2) is 0 Å². The predicted molar refractivity (Wildman–Crippen MR) is 75.6 cm³/mol. The fourth-order valence-electron chi connectivity index (χ4n) is 2.92. The van der Waals surface area contributed by atoms with Crippen LogP contribution in [0, 0.1) is 0 Å². The van der Waals surface area contributed by atoms with Gasteiger partial charge in [-0.15, -0.1) is 0 Å². The molecule has 2 unspecified atom stereocenters. The first-order valence-corrected chi connectivity index (χ1v) is 7.80. The van der Waals surface area contributed by atoms with E-state index < -0.39 is 0 Å². The van der Waals surface area contributed by atoms with E-state index in [4.69, 9.17) is 14.2 Å². The number of hydrogen-bond acceptors (Lipinski definition) is 5. The molecule has 2 saturated heterocycles. The van der Waals surface area contributed by atoms with E-state index in [2.05, 4.69) is 4.90 Å². The molecule has 0 N–H and O–H groups in total. The Bertz CT molecular complexity index is 286. The van der Waals surface area contributed by atoms with Crippen molar-refractivity contribution in [1.82, 2.24) is 4.90 Å². The summed E-state index contributed by atoms with van der Waals surface area (Å²) >= 11 is 0. The van der Waals surface area contributed by atoms with Crippen LogP contribution in [0.2, 0.25) is 0 Å². The van der Waals surface area contributed by atoms with Crippen LogP contribution in [0.4, 0.5) is 0 Å². The maximum absolute atomic E-state index is 11.3. The van der Waals surface area contributed by atoms with E-state index in [-0.39, 0.29) is 5.97 Å². The number of hydrogen-bond donors (Lipinski definition) is 0. The first kappa shape index (κ1) is 15.7. The maximum Gasteiger partial charge on any atom is 0.306 e. The molecule has 2 aliphatic heterocycles. The van der Waals surface area contributed by atoms with Gasteiger partial charge in [0.1, 0.15) is 0 Å². The summed E-state index contributed by atoms with van der Waals surface area (Å²) in [6, 6.07) is 0. The molecule has 0 spiro atoms. The van der Waals surface area contributed by atoms with Crippen LogP contribution in [0.5, 0.6) is 0 Å². The van der Waals surface area contributed by atoms with Crippen molar-refractivity contribution in [3.8, 4) is 0 Å². The highest BCUT2D eigenvalue weighted by atomic mass is 16.5. The van der Waals surface area contributed by atoms with Gasteiger partial charge in [0.05, 0.1) is 25.7 Å². The molecule has 0 amide bonds. The Morgan fingerprint density at radius 2 is 1.85 bits per heavy atom. The molecule has 0 aliphatic carbocycles. The molecule has 0 aromatic carbocycles. The van der Waals surface area contributed by atoms with Crippen LogP contribution in [-0.2, 0) is 19.0 Å². The SMILES string of the molecule is COC(=O)CCN(CCC1CCCO1)CC1CCCO1. The Morgan fingerprint density at radius 1 is 1.15 bits per heavy atom. The lowest BCUT2D eigenvalue weighted by Crippen LogP contribution is -2.36. The second kappa shape index (κ2) is 8.60. The van der Waals surface area contributed by atoms with Gasteiger partial charge in [-0.2, -0.15) is 0 Å². The second-order valence-electron chi connectivity index (χ2n) is 5.69. The van der Waals surface area contributed by atoms with E-state index in [1.165, 1.54) is 20.0 Å². The average Bonchev–Trinajstić information content (AvgIpc) is 3.14. The highest BCUT2D eigenvalue weighted by Gasteiger charge is 2.22. The zero-order chi connectivity index (χ0) is 14.2. The summed E-state index contributed by atoms with van der Waals surface area (Å²) < 4.78 is 16.1. The van der Waals surface area contributed by atoms with Gasteiger partial charge in [-0.1, -0.05) is 0 Å². The Hall–Kier alpha value is -0.650. The average molecular weight is 285 g/mol. The van der Waals surface area contributed by atoms with Crippen LogP contribution in [-0.4, -0.2) is 63.0 Å². The zero-order valence-corrected chi connectivity index (χ0v) is 12.5. The van der Waals surface area contributed by atoms with E-state index in [0.29, 0.717) is 18.6 Å². The van der Waals surface area contributed by atoms with Crippen LogP contribution in [0.1, 0.15) is 38.5 Å². The third kappa shape index (κ3) is 5.38. The van der Waals surface area contributed by atoms with Crippen molar-refractivity contribution in [2.45, 2.75) is 50.7 Å². The van der Waals surface area contributed by atoms with E-state index in [0.717, 1.165) is 52.1 Å². The number of carbonyl (C=O) groups is 1. The molecule has 0 saturated carbocycles. The van der Waals surface area contributed by atoms with Gasteiger partial charge in [-0.05, 0) is 32.1 Å². The molecule has 20 heavy (non-hydrogen) atoms. The molecule has 5 nitrogen and oxygen atoms in total. The third-order valence-corrected chi connectivity index (χ3v) is 4.14. The highest BCUT2D eigenvalue weighted by Crippen LogP contribution is 2.18. The van der Waals surface area contributed by atoms with Gasteiger partial charge >= 0.3 is 5.97 Å². The van der Waals surface area contributed by atoms with E-state index in [9.17, 15) is 4.79 Å². The largest absolute Gasteiger partial charge is 0.469 e. The van der Waals surface area contributed by atoms with Crippen LogP contribution in [0.25, 0.3) is 0 Å². The molecule has 2 atom stereocenters. The summed E-state index contributed by atoms with van der Waals surface area (Å²) in [5.41, 5.74) is 0. The molecule has 0 aromatic heterocycles. The number of rotatable bonds is 8. The zero-order valence-electron chi connectivity index (χ0n) is 12.5. The smallest absolute Gasteiger partial charge is 0.306 e. The summed E-state index contributed by atoms with van der Waals surface area (Å²) in [5.74, 6) is -0.139. The molecule has 116 valence electrons. The Balaban J connectivity index is 1.73. The standard InChI is InChI=1S/C15H27NO4/c1-18-15(17)7-9-16(12-14-5-3-11-20-14)8-6-13-4-2-10-19-13/h13-14H,2-12H2,1H3. The molecular weight excluding hydrogens is 258 g/mol. The molecule has 0 aromatic rings. The second-order valence-corrected chi connectivity index (χ2v) is 5.69. The van der Waals surface area contributed by atoms with Gasteiger partial charge in [0.2, 0.25) is 0 Å². The highest BCUT2D eigenvalue weighted by molar-refractivity contribution is 5.69. The molecule has 2 fully saturated rings. The quantitative estimate of drug-likeness (QED) is 0.634. The topological polar surface area (TPSA) is 48.0 Å². The lowest BCUT2D eigenvalue weighted by atomic mass is 10.1. The molecule has 2 heterocycles. The number of nitrogens with zero attached hydrogens (tertiary/aromatic N) is 1. The fourth-order valence-corrected chi connectivity index (χ4v) is 2.92. The van der Waals surface area contributed by atoms with Crippen molar-refractivity contribution < 1.29 is 19.0 Å². The summed E-state index contributed by atoms with van der Waals surface area (Å²) in [6.07, 6.45) is 6.87. The van der Waals surface area contributed by atoms with E-state index in [1.807, 2.05) is 0 Å². The van der Waals surface area contributed by atoms with Crippen LogP contribution >= 0.6 is 0 Å². The number of carbonyl (C=O) groups excluding carboxylic acids is 1. The summed E-state index contributed by atoms with van der Waals surface area (Å²) in [4.78, 5) is 13.6. The van der Waals surface area contributed by atoms with Gasteiger partial charge in [0.25, 0.3) is 0 Å². The minimum atomic E-state index is -0.139. The van der Waals surface area contributed by atoms with Crippen LogP contribution in [0.15, 0.2) is 0 Å². The van der Waals surface area contributed by atoms with Crippen molar-refractivity contribution in [2.75, 3.05) is 40.0 Å². The van der Waals surface area contributed by atoms with Crippen molar-refractivity contribution >= 4 is 5.97 Å². The van der Waals surface area contributed by atoms with Crippen LogP contribution in [0.3, 0.4) is 0 Å². The van der Waals surface area contributed by atoms with Crippen molar-refractivity contribution in [3.63, 3.8) is 0 Å². The Morgan fingerprint density at radius 3 is 2.45 bits per heavy atom. The molecule has 0 bridgehead atoms. The van der Waals surface area contributed by atoms with Crippen molar-refractivity contribution in [1.29, 1.82) is 0 Å². The lowest BCUT2D eigenvalue weighted by molar-refractivity contribution is -0.141. The van der Waals surface area contributed by atoms with Crippen molar-refractivity contribution in [2.24, 2.45) is 0 Å².